The number of anilines is 2. The van der Waals surface area contributed by atoms with E-state index in [1.165, 1.54) is 17.0 Å². The molecular formula is C27H23FN4OS. The lowest BCUT2D eigenvalue weighted by Crippen LogP contribution is -2.20. The van der Waals surface area contributed by atoms with E-state index in [0.717, 1.165) is 38.9 Å². The van der Waals surface area contributed by atoms with E-state index in [-0.39, 0.29) is 11.7 Å². The van der Waals surface area contributed by atoms with Gasteiger partial charge < -0.3 is 9.88 Å². The molecule has 0 aliphatic carbocycles. The van der Waals surface area contributed by atoms with Crippen LogP contribution >= 0.6 is 11.8 Å². The Balaban J connectivity index is 1.35. The molecule has 170 valence electrons. The fourth-order valence-corrected chi connectivity index (χ4v) is 5.07. The zero-order valence-corrected chi connectivity index (χ0v) is 19.8. The van der Waals surface area contributed by atoms with Gasteiger partial charge in [0.25, 0.3) is 5.91 Å². The number of para-hydroxylation sites is 1. The number of aromatic nitrogens is 1. The van der Waals surface area contributed by atoms with Gasteiger partial charge >= 0.3 is 0 Å². The Morgan fingerprint density at radius 3 is 2.50 bits per heavy atom. The number of carbonyl (C=O) groups excluding carboxylic acids is 1. The van der Waals surface area contributed by atoms with Gasteiger partial charge in [-0.25, -0.2) is 9.82 Å². The number of fused-ring (bicyclic) bond motifs is 2. The first kappa shape index (κ1) is 22.0. The summed E-state index contributed by atoms with van der Waals surface area (Å²) in [5.74, 6) is -0.587. The number of halogens is 1. The molecule has 3 aromatic carbocycles. The zero-order chi connectivity index (χ0) is 23.8. The Labute approximate surface area is 201 Å². The van der Waals surface area contributed by atoms with Crippen LogP contribution in [0.4, 0.5) is 15.8 Å². The topological polar surface area (TPSA) is 58.4 Å². The van der Waals surface area contributed by atoms with Gasteiger partial charge in [0, 0.05) is 26.9 Å². The molecule has 1 amide bonds. The molecule has 1 aliphatic rings. The van der Waals surface area contributed by atoms with Gasteiger partial charge in [-0.1, -0.05) is 30.0 Å². The van der Waals surface area contributed by atoms with Crippen LogP contribution < -0.4 is 10.7 Å². The summed E-state index contributed by atoms with van der Waals surface area (Å²) in [6.45, 7) is 5.65. The lowest BCUT2D eigenvalue weighted by Gasteiger charge is -2.21. The molecule has 0 saturated heterocycles. The minimum Gasteiger partial charge on any atom is -0.354 e. The third-order valence-corrected chi connectivity index (χ3v) is 7.01. The van der Waals surface area contributed by atoms with E-state index in [0.29, 0.717) is 11.3 Å². The molecule has 0 saturated carbocycles. The molecule has 0 atom stereocenters. The zero-order valence-electron chi connectivity index (χ0n) is 19.0. The number of hydrazone groups is 1. The summed E-state index contributed by atoms with van der Waals surface area (Å²) in [6.07, 6.45) is 0. The van der Waals surface area contributed by atoms with Crippen LogP contribution in [0.5, 0.6) is 0 Å². The van der Waals surface area contributed by atoms with Gasteiger partial charge in [0.15, 0.2) is 0 Å². The molecule has 7 heteroatoms. The highest BCUT2D eigenvalue weighted by Gasteiger charge is 2.18. The number of hydrogen-bond acceptors (Lipinski definition) is 4. The van der Waals surface area contributed by atoms with Gasteiger partial charge in [-0.15, -0.1) is 0 Å². The highest BCUT2D eigenvalue weighted by Crippen LogP contribution is 2.44. The lowest BCUT2D eigenvalue weighted by atomic mass is 10.1. The largest absolute Gasteiger partial charge is 0.354 e. The molecule has 34 heavy (non-hydrogen) atoms. The fraction of sp³-hybridized carbons (Fsp3) is 0.111. The van der Waals surface area contributed by atoms with E-state index in [4.69, 9.17) is 0 Å². The van der Waals surface area contributed by atoms with Crippen molar-refractivity contribution in [3.63, 3.8) is 0 Å². The highest BCUT2D eigenvalue weighted by molar-refractivity contribution is 7.99. The number of nitrogens with zero attached hydrogens (tertiary/aromatic N) is 2. The summed E-state index contributed by atoms with van der Waals surface area (Å²) in [7, 11) is 0. The third-order valence-electron chi connectivity index (χ3n) is 5.86. The molecule has 2 heterocycles. The Kier molecular flexibility index (Phi) is 5.71. The molecule has 4 aromatic rings. The molecule has 0 bridgehead atoms. The molecule has 5 nitrogen and oxygen atoms in total. The van der Waals surface area contributed by atoms with Crippen molar-refractivity contribution in [3.8, 4) is 5.69 Å². The molecular weight excluding hydrogens is 447 g/mol. The molecule has 5 rings (SSSR count). The van der Waals surface area contributed by atoms with Crippen molar-refractivity contribution in [2.75, 3.05) is 5.32 Å². The molecule has 0 spiro atoms. The van der Waals surface area contributed by atoms with Crippen LogP contribution in [0.1, 0.15) is 34.2 Å². The summed E-state index contributed by atoms with van der Waals surface area (Å²) in [5, 5.41) is 7.82. The van der Waals surface area contributed by atoms with Gasteiger partial charge in [0.05, 0.1) is 22.6 Å². The first-order valence-corrected chi connectivity index (χ1v) is 11.7. The highest BCUT2D eigenvalue weighted by atomic mass is 32.2. The number of hydrogen-bond donors (Lipinski definition) is 2. The number of carbonyl (C=O) groups is 1. The van der Waals surface area contributed by atoms with E-state index in [9.17, 15) is 9.18 Å². The Morgan fingerprint density at radius 1 is 0.971 bits per heavy atom. The molecule has 2 N–H and O–H groups in total. The van der Waals surface area contributed by atoms with E-state index in [2.05, 4.69) is 34.0 Å². The van der Waals surface area contributed by atoms with Crippen LogP contribution in [0.3, 0.4) is 0 Å². The van der Waals surface area contributed by atoms with Gasteiger partial charge in [0.1, 0.15) is 5.82 Å². The summed E-state index contributed by atoms with van der Waals surface area (Å²) < 4.78 is 15.2. The maximum atomic E-state index is 13.3. The second-order valence-electron chi connectivity index (χ2n) is 8.17. The maximum absolute atomic E-state index is 13.3. The van der Waals surface area contributed by atoms with Crippen molar-refractivity contribution >= 4 is 34.8 Å². The minimum absolute atomic E-state index is 0.290. The minimum atomic E-state index is -0.297. The molecule has 0 radical (unpaired) electrons. The van der Waals surface area contributed by atoms with Crippen LogP contribution in [0.2, 0.25) is 0 Å². The molecule has 1 aliphatic heterocycles. The van der Waals surface area contributed by atoms with Crippen LogP contribution in [-0.4, -0.2) is 16.2 Å². The van der Waals surface area contributed by atoms with Crippen molar-refractivity contribution in [1.82, 2.24) is 9.99 Å². The summed E-state index contributed by atoms with van der Waals surface area (Å²) in [4.78, 5) is 15.3. The first-order valence-electron chi connectivity index (χ1n) is 10.9. The number of benzene rings is 3. The van der Waals surface area contributed by atoms with E-state index < -0.39 is 0 Å². The van der Waals surface area contributed by atoms with Crippen LogP contribution in [0, 0.1) is 19.7 Å². The SMILES string of the molecule is C/C(=N\NC(=O)c1cc(C)n(-c2ccc(F)cc2)c1C)c1ccc2c(c1)Nc1ccccc1S2. The number of aryl methyl sites for hydroxylation is 1. The predicted molar refractivity (Wildman–Crippen MR) is 135 cm³/mol. The van der Waals surface area contributed by atoms with Crippen LogP contribution in [0.15, 0.2) is 87.7 Å². The first-order chi connectivity index (χ1) is 16.4. The smallest absolute Gasteiger partial charge is 0.273 e. The van der Waals surface area contributed by atoms with Crippen molar-refractivity contribution in [2.45, 2.75) is 30.6 Å². The molecule has 0 fully saturated rings. The van der Waals surface area contributed by atoms with Gasteiger partial charge in [0.2, 0.25) is 0 Å². The van der Waals surface area contributed by atoms with Crippen LogP contribution in [0.25, 0.3) is 5.69 Å². The summed E-state index contributed by atoms with van der Waals surface area (Å²) in [6, 6.07) is 22.3. The third kappa shape index (κ3) is 4.10. The Hall–Kier alpha value is -3.84. The Morgan fingerprint density at radius 2 is 1.71 bits per heavy atom. The van der Waals surface area contributed by atoms with Crippen LogP contribution in [-0.2, 0) is 0 Å². The van der Waals surface area contributed by atoms with E-state index in [1.54, 1.807) is 23.9 Å². The number of nitrogens with one attached hydrogen (secondary N) is 2. The fourth-order valence-electron chi connectivity index (χ4n) is 4.10. The second kappa shape index (κ2) is 8.83. The van der Waals surface area contributed by atoms with Crippen molar-refractivity contribution in [1.29, 1.82) is 0 Å². The standard InChI is InChI=1S/C27H23FN4OS/c1-16-14-22(18(3)32(16)21-11-9-20(28)10-12-21)27(33)31-30-17(2)19-8-13-26-24(15-19)29-23-6-4-5-7-25(23)34-26/h4-15,29H,1-3H3,(H,31,33)/b30-17+. The van der Waals surface area contributed by atoms with E-state index in [1.807, 2.05) is 55.7 Å². The van der Waals surface area contributed by atoms with Crippen molar-refractivity contribution in [3.05, 3.63) is 101 Å². The van der Waals surface area contributed by atoms with Crippen molar-refractivity contribution in [2.24, 2.45) is 5.10 Å². The van der Waals surface area contributed by atoms with Gasteiger partial charge in [-0.2, -0.15) is 5.10 Å². The number of amides is 1. The lowest BCUT2D eigenvalue weighted by molar-refractivity contribution is 0.0954. The second-order valence-corrected chi connectivity index (χ2v) is 9.25. The quantitative estimate of drug-likeness (QED) is 0.230. The number of rotatable bonds is 4. The average Bonchev–Trinajstić information content (AvgIpc) is 3.15. The maximum Gasteiger partial charge on any atom is 0.273 e. The monoisotopic (exact) mass is 470 g/mol. The summed E-state index contributed by atoms with van der Waals surface area (Å²) in [5.41, 5.74) is 9.38. The Bertz CT molecular complexity index is 1440. The summed E-state index contributed by atoms with van der Waals surface area (Å²) >= 11 is 1.73. The van der Waals surface area contributed by atoms with Gasteiger partial charge in [-0.05, 0) is 80.9 Å². The normalized spacial score (nSPS) is 12.5. The van der Waals surface area contributed by atoms with Crippen molar-refractivity contribution < 1.29 is 9.18 Å². The van der Waals surface area contributed by atoms with E-state index >= 15 is 0 Å². The van der Waals surface area contributed by atoms with Gasteiger partial charge in [-0.3, -0.25) is 4.79 Å². The average molecular weight is 471 g/mol. The molecule has 1 aromatic heterocycles. The predicted octanol–water partition coefficient (Wildman–Crippen LogP) is 6.60. The molecule has 0 unspecified atom stereocenters.